The second kappa shape index (κ2) is 8.96. The normalized spacial score (nSPS) is 12.7. The molecule has 3 aromatic rings. The Kier molecular flexibility index (Phi) is 5.94. The molecular formula is C22H23FN4O3. The summed E-state index contributed by atoms with van der Waals surface area (Å²) in [7, 11) is 1.57. The standard InChI is InChI=1S/C22H23FN4O3/c1-29-6-7-30-20-9-15(8-19(23)11-20)12-24-22(28)27-5-4-17-10-16(2-3-21(17)27)18-13-25-26-14-18/h2-3,8-11,13-14H,4-7,12H2,1H3,(H,24,28)(H,25,26). The molecule has 1 aromatic heterocycles. The molecule has 0 atom stereocenters. The van der Waals surface area contributed by atoms with Gasteiger partial charge in [0.15, 0.2) is 0 Å². The number of nitrogens with one attached hydrogen (secondary N) is 2. The van der Waals surface area contributed by atoms with Crippen molar-refractivity contribution in [3.63, 3.8) is 0 Å². The summed E-state index contributed by atoms with van der Waals surface area (Å²) in [5.74, 6) is 0.00190. The molecular weight excluding hydrogens is 387 g/mol. The van der Waals surface area contributed by atoms with E-state index in [4.69, 9.17) is 9.47 Å². The smallest absolute Gasteiger partial charge is 0.322 e. The van der Waals surface area contributed by atoms with Gasteiger partial charge in [0.1, 0.15) is 18.2 Å². The Labute approximate surface area is 173 Å². The Morgan fingerprint density at radius 2 is 2.13 bits per heavy atom. The minimum Gasteiger partial charge on any atom is -0.491 e. The molecule has 2 heterocycles. The van der Waals surface area contributed by atoms with Crippen LogP contribution >= 0.6 is 0 Å². The summed E-state index contributed by atoms with van der Waals surface area (Å²) in [6, 6.07) is 10.2. The van der Waals surface area contributed by atoms with E-state index < -0.39 is 5.82 Å². The lowest BCUT2D eigenvalue weighted by atomic mass is 10.0. The molecule has 0 saturated carbocycles. The molecule has 156 valence electrons. The monoisotopic (exact) mass is 410 g/mol. The van der Waals surface area contributed by atoms with Crippen molar-refractivity contribution in [1.29, 1.82) is 0 Å². The summed E-state index contributed by atoms with van der Waals surface area (Å²) in [6.45, 7) is 1.55. The summed E-state index contributed by atoms with van der Waals surface area (Å²) in [6.07, 6.45) is 4.40. The van der Waals surface area contributed by atoms with Crippen LogP contribution in [-0.4, -0.2) is 43.1 Å². The lowest BCUT2D eigenvalue weighted by Crippen LogP contribution is -2.38. The van der Waals surface area contributed by atoms with Crippen LogP contribution in [-0.2, 0) is 17.7 Å². The fourth-order valence-corrected chi connectivity index (χ4v) is 3.52. The number of H-pyrrole nitrogens is 1. The Hall–Kier alpha value is -3.39. The van der Waals surface area contributed by atoms with Crippen LogP contribution in [0, 0.1) is 5.82 Å². The molecule has 0 fully saturated rings. The molecule has 0 aliphatic carbocycles. The first-order valence-electron chi connectivity index (χ1n) is 9.72. The Morgan fingerprint density at radius 3 is 2.93 bits per heavy atom. The molecule has 1 aliphatic rings. The zero-order valence-corrected chi connectivity index (χ0v) is 16.7. The molecule has 0 radical (unpaired) electrons. The Morgan fingerprint density at radius 1 is 1.23 bits per heavy atom. The number of hydrogen-bond acceptors (Lipinski definition) is 4. The van der Waals surface area contributed by atoms with Crippen molar-refractivity contribution in [3.05, 3.63) is 65.7 Å². The average molecular weight is 410 g/mol. The van der Waals surface area contributed by atoms with Gasteiger partial charge >= 0.3 is 6.03 Å². The molecule has 0 unspecified atom stereocenters. The third-order valence-corrected chi connectivity index (χ3v) is 4.98. The number of urea groups is 1. The zero-order chi connectivity index (χ0) is 20.9. The average Bonchev–Trinajstić information content (AvgIpc) is 3.41. The van der Waals surface area contributed by atoms with Gasteiger partial charge in [0.25, 0.3) is 0 Å². The van der Waals surface area contributed by atoms with Crippen molar-refractivity contribution >= 4 is 11.7 Å². The van der Waals surface area contributed by atoms with Gasteiger partial charge in [-0.1, -0.05) is 6.07 Å². The molecule has 8 heteroatoms. The van der Waals surface area contributed by atoms with E-state index >= 15 is 0 Å². The summed E-state index contributed by atoms with van der Waals surface area (Å²) in [5.41, 5.74) is 4.71. The van der Waals surface area contributed by atoms with Crippen LogP contribution in [0.15, 0.2) is 48.8 Å². The minimum atomic E-state index is -0.410. The Bertz CT molecular complexity index is 1020. The van der Waals surface area contributed by atoms with E-state index in [9.17, 15) is 9.18 Å². The lowest BCUT2D eigenvalue weighted by molar-refractivity contribution is 0.146. The van der Waals surface area contributed by atoms with Crippen molar-refractivity contribution in [3.8, 4) is 16.9 Å². The Balaban J connectivity index is 1.40. The number of methoxy groups -OCH3 is 1. The van der Waals surface area contributed by atoms with Crippen LogP contribution in [0.1, 0.15) is 11.1 Å². The van der Waals surface area contributed by atoms with Gasteiger partial charge in [0.2, 0.25) is 0 Å². The number of halogens is 1. The van der Waals surface area contributed by atoms with Gasteiger partial charge in [0.05, 0.1) is 12.8 Å². The van der Waals surface area contributed by atoms with Crippen molar-refractivity contribution in [2.45, 2.75) is 13.0 Å². The quantitative estimate of drug-likeness (QED) is 0.584. The first-order valence-corrected chi connectivity index (χ1v) is 9.72. The van der Waals surface area contributed by atoms with Gasteiger partial charge in [-0.3, -0.25) is 10.00 Å². The van der Waals surface area contributed by atoms with Gasteiger partial charge in [0, 0.05) is 43.7 Å². The maximum absolute atomic E-state index is 13.9. The van der Waals surface area contributed by atoms with Crippen LogP contribution in [0.5, 0.6) is 5.75 Å². The predicted octanol–water partition coefficient (Wildman–Crippen LogP) is 3.51. The number of ether oxygens (including phenoxy) is 2. The number of fused-ring (bicyclic) bond motifs is 1. The number of carbonyl (C=O) groups is 1. The van der Waals surface area contributed by atoms with E-state index in [0.29, 0.717) is 31.1 Å². The summed E-state index contributed by atoms with van der Waals surface area (Å²) in [4.78, 5) is 14.4. The molecule has 2 N–H and O–H groups in total. The number of nitrogens with zero attached hydrogens (tertiary/aromatic N) is 2. The minimum absolute atomic E-state index is 0.205. The number of rotatable bonds is 7. The molecule has 7 nitrogen and oxygen atoms in total. The molecule has 0 saturated heterocycles. The number of hydrogen-bond donors (Lipinski definition) is 2. The van der Waals surface area contributed by atoms with E-state index in [-0.39, 0.29) is 12.6 Å². The summed E-state index contributed by atoms with van der Waals surface area (Å²) in [5, 5.41) is 9.66. The largest absolute Gasteiger partial charge is 0.491 e. The van der Waals surface area contributed by atoms with Crippen LogP contribution in [0.2, 0.25) is 0 Å². The van der Waals surface area contributed by atoms with E-state index in [0.717, 1.165) is 28.8 Å². The lowest BCUT2D eigenvalue weighted by Gasteiger charge is -2.18. The molecule has 0 spiro atoms. The van der Waals surface area contributed by atoms with Crippen molar-refractivity contribution < 1.29 is 18.7 Å². The maximum atomic E-state index is 13.9. The fourth-order valence-electron chi connectivity index (χ4n) is 3.52. The molecule has 1 aliphatic heterocycles. The van der Waals surface area contributed by atoms with Gasteiger partial charge in [-0.2, -0.15) is 5.10 Å². The molecule has 4 rings (SSSR count). The van der Waals surface area contributed by atoms with E-state index in [2.05, 4.69) is 21.6 Å². The second-order valence-corrected chi connectivity index (χ2v) is 7.03. The third kappa shape index (κ3) is 4.44. The number of aromatic nitrogens is 2. The van der Waals surface area contributed by atoms with Gasteiger partial charge in [-0.15, -0.1) is 0 Å². The third-order valence-electron chi connectivity index (χ3n) is 4.98. The summed E-state index contributed by atoms with van der Waals surface area (Å²) < 4.78 is 24.3. The highest BCUT2D eigenvalue weighted by atomic mass is 19.1. The SMILES string of the molecule is COCCOc1cc(F)cc(CNC(=O)N2CCc3cc(-c4cn[nH]c4)ccc32)c1. The first-order chi connectivity index (χ1) is 14.6. The van der Waals surface area contributed by atoms with E-state index in [1.54, 1.807) is 24.3 Å². The van der Waals surface area contributed by atoms with Crippen molar-refractivity contribution in [2.24, 2.45) is 0 Å². The van der Waals surface area contributed by atoms with E-state index in [1.807, 2.05) is 18.3 Å². The highest BCUT2D eigenvalue weighted by Crippen LogP contribution is 2.32. The highest BCUT2D eigenvalue weighted by Gasteiger charge is 2.25. The number of amides is 2. The number of aromatic amines is 1. The van der Waals surface area contributed by atoms with Crippen LogP contribution in [0.4, 0.5) is 14.9 Å². The number of benzene rings is 2. The van der Waals surface area contributed by atoms with Crippen LogP contribution in [0.3, 0.4) is 0 Å². The highest BCUT2D eigenvalue weighted by molar-refractivity contribution is 5.94. The van der Waals surface area contributed by atoms with Gasteiger partial charge in [-0.05, 0) is 47.4 Å². The maximum Gasteiger partial charge on any atom is 0.322 e. The van der Waals surface area contributed by atoms with Crippen molar-refractivity contribution in [2.75, 3.05) is 31.8 Å². The van der Waals surface area contributed by atoms with E-state index in [1.165, 1.54) is 12.1 Å². The molecule has 30 heavy (non-hydrogen) atoms. The first kappa shape index (κ1) is 19.9. The summed E-state index contributed by atoms with van der Waals surface area (Å²) >= 11 is 0. The van der Waals surface area contributed by atoms with Gasteiger partial charge < -0.3 is 14.8 Å². The fraction of sp³-hybridized carbons (Fsp3) is 0.273. The van der Waals surface area contributed by atoms with Crippen molar-refractivity contribution in [1.82, 2.24) is 15.5 Å². The topological polar surface area (TPSA) is 79.5 Å². The molecule has 0 bridgehead atoms. The van der Waals surface area contributed by atoms with Crippen LogP contribution < -0.4 is 15.0 Å². The second-order valence-electron chi connectivity index (χ2n) is 7.03. The predicted molar refractivity (Wildman–Crippen MR) is 111 cm³/mol. The number of anilines is 1. The molecule has 2 aromatic carbocycles. The zero-order valence-electron chi connectivity index (χ0n) is 16.7. The van der Waals surface area contributed by atoms with Crippen LogP contribution in [0.25, 0.3) is 11.1 Å². The molecule has 2 amide bonds. The van der Waals surface area contributed by atoms with Gasteiger partial charge in [-0.25, -0.2) is 9.18 Å². The number of carbonyl (C=O) groups excluding carboxylic acids is 1.